The van der Waals surface area contributed by atoms with E-state index in [0.29, 0.717) is 25.9 Å². The lowest BCUT2D eigenvalue weighted by molar-refractivity contribution is -0.164. The Kier molecular flexibility index (Phi) is 13.1. The fraction of sp³-hybridized carbons (Fsp3) is 0.697. The monoisotopic (exact) mass is 649 g/mol. The van der Waals surface area contributed by atoms with Crippen molar-refractivity contribution in [2.75, 3.05) is 13.2 Å². The molecule has 0 unspecified atom stereocenters. The third-order valence-electron chi connectivity index (χ3n) is 7.81. The fourth-order valence-electron chi connectivity index (χ4n) is 4.56. The van der Waals surface area contributed by atoms with E-state index in [2.05, 4.69) is 44.5 Å². The number of alkyl carbamates (subject to hydrolysis) is 2. The number of likely N-dealkylation sites (tertiary alicyclic amines) is 1. The summed E-state index contributed by atoms with van der Waals surface area (Å²) in [5.74, 6) is -1.05. The number of benzene rings is 1. The van der Waals surface area contributed by atoms with Gasteiger partial charge in [-0.25, -0.2) is 14.4 Å². The molecule has 45 heavy (non-hydrogen) atoms. The minimum Gasteiger partial charge on any atom is -0.458 e. The van der Waals surface area contributed by atoms with Crippen LogP contribution < -0.4 is 10.6 Å². The van der Waals surface area contributed by atoms with Crippen molar-refractivity contribution in [3.05, 3.63) is 35.9 Å². The molecule has 0 spiro atoms. The molecule has 1 aromatic carbocycles. The van der Waals surface area contributed by atoms with Crippen LogP contribution in [-0.4, -0.2) is 79.8 Å². The number of carbonyl (C=O) groups is 4. The highest BCUT2D eigenvalue weighted by molar-refractivity contribution is 6.74. The van der Waals surface area contributed by atoms with E-state index in [4.69, 9.17) is 18.6 Å². The number of hydrogen-bond donors (Lipinski definition) is 2. The molecule has 1 aromatic rings. The molecule has 254 valence electrons. The lowest BCUT2D eigenvalue weighted by atomic mass is 10.1. The zero-order chi connectivity index (χ0) is 34.2. The molecule has 3 atom stereocenters. The first kappa shape index (κ1) is 38.1. The van der Waals surface area contributed by atoms with Crippen molar-refractivity contribution in [3.8, 4) is 0 Å². The van der Waals surface area contributed by atoms with Crippen LogP contribution in [-0.2, 0) is 34.8 Å². The molecule has 0 radical (unpaired) electrons. The average Bonchev–Trinajstić information content (AvgIpc) is 3.31. The second kappa shape index (κ2) is 15.4. The molecular formula is C33H55N3O8Si. The Hall–Kier alpha value is -3.12. The standard InChI is InChI=1S/C33H55N3O8Si/c1-31(2,3)43-28(38)26-18-17-24(19-20-42-45(10,11)33(7,8)9)36(26)27(37)25(35-30(40)44-32(4,5)6)21-34-29(39)41-22-23-15-13-12-14-16-23/h12-16,24-26H,17-22H2,1-11H3,(H,34,39)(H,35,40)/t24-,25+,26+/m1/s1. The zero-order valence-corrected chi connectivity index (χ0v) is 30.1. The summed E-state index contributed by atoms with van der Waals surface area (Å²) < 4.78 is 22.8. The number of hydrogen-bond acceptors (Lipinski definition) is 8. The lowest BCUT2D eigenvalue weighted by Gasteiger charge is -2.37. The van der Waals surface area contributed by atoms with Crippen LogP contribution in [0, 0.1) is 0 Å². The van der Waals surface area contributed by atoms with Crippen LogP contribution in [0.1, 0.15) is 87.1 Å². The summed E-state index contributed by atoms with van der Waals surface area (Å²) in [6.07, 6.45) is -0.124. The first-order valence-corrected chi connectivity index (χ1v) is 18.6. The SMILES string of the molecule is CC(C)(C)OC(=O)N[C@@H](CNC(=O)OCc1ccccc1)C(=O)N1[C@@H](CCO[Si](C)(C)C(C)(C)C)CC[C@H]1C(=O)OC(C)(C)C. The predicted octanol–water partition coefficient (Wildman–Crippen LogP) is 5.92. The Morgan fingerprint density at radius 3 is 2.04 bits per heavy atom. The quantitative estimate of drug-likeness (QED) is 0.172. The number of nitrogens with one attached hydrogen (secondary N) is 2. The highest BCUT2D eigenvalue weighted by Gasteiger charge is 2.45. The molecule has 11 nitrogen and oxygen atoms in total. The second-order valence-corrected chi connectivity index (χ2v) is 19.9. The number of rotatable bonds is 11. The number of esters is 1. The van der Waals surface area contributed by atoms with Gasteiger partial charge in [-0.05, 0) is 84.5 Å². The van der Waals surface area contributed by atoms with Crippen molar-refractivity contribution >= 4 is 32.4 Å². The van der Waals surface area contributed by atoms with E-state index in [-0.39, 0.29) is 24.2 Å². The van der Waals surface area contributed by atoms with Crippen molar-refractivity contribution in [2.24, 2.45) is 0 Å². The average molecular weight is 650 g/mol. The topological polar surface area (TPSA) is 132 Å². The van der Waals surface area contributed by atoms with E-state index < -0.39 is 55.7 Å². The van der Waals surface area contributed by atoms with E-state index in [1.807, 2.05) is 30.3 Å². The molecule has 1 aliphatic rings. The molecule has 1 heterocycles. The highest BCUT2D eigenvalue weighted by atomic mass is 28.4. The fourth-order valence-corrected chi connectivity index (χ4v) is 5.62. The maximum Gasteiger partial charge on any atom is 0.408 e. The summed E-state index contributed by atoms with van der Waals surface area (Å²) in [5, 5.41) is 5.21. The van der Waals surface area contributed by atoms with Gasteiger partial charge in [-0.1, -0.05) is 51.1 Å². The molecule has 3 amide bonds. The molecular weight excluding hydrogens is 594 g/mol. The highest BCUT2D eigenvalue weighted by Crippen LogP contribution is 2.37. The Labute approximate surface area is 270 Å². The minimum absolute atomic E-state index is 0.0143. The first-order valence-electron chi connectivity index (χ1n) is 15.7. The van der Waals surface area contributed by atoms with Gasteiger partial charge >= 0.3 is 18.2 Å². The molecule has 2 N–H and O–H groups in total. The molecule has 1 aliphatic heterocycles. The Morgan fingerprint density at radius 2 is 1.49 bits per heavy atom. The molecule has 0 aromatic heterocycles. The van der Waals surface area contributed by atoms with Gasteiger partial charge in [-0.2, -0.15) is 0 Å². The van der Waals surface area contributed by atoms with Crippen LogP contribution in [0.4, 0.5) is 9.59 Å². The van der Waals surface area contributed by atoms with Crippen LogP contribution in [0.5, 0.6) is 0 Å². The van der Waals surface area contributed by atoms with Gasteiger partial charge in [0.05, 0.1) is 6.54 Å². The van der Waals surface area contributed by atoms with E-state index in [1.165, 1.54) is 4.90 Å². The summed E-state index contributed by atoms with van der Waals surface area (Å²) >= 11 is 0. The summed E-state index contributed by atoms with van der Waals surface area (Å²) in [5.41, 5.74) is -0.781. The van der Waals surface area contributed by atoms with Gasteiger partial charge in [0.15, 0.2) is 8.32 Å². The third kappa shape index (κ3) is 12.7. The molecule has 1 fully saturated rings. The number of amides is 3. The van der Waals surface area contributed by atoms with Crippen molar-refractivity contribution in [1.82, 2.24) is 15.5 Å². The van der Waals surface area contributed by atoms with Gasteiger partial charge in [-0.15, -0.1) is 0 Å². The third-order valence-corrected chi connectivity index (χ3v) is 12.3. The summed E-state index contributed by atoms with van der Waals surface area (Å²) in [6.45, 7) is 21.4. The van der Waals surface area contributed by atoms with Gasteiger partial charge in [0.25, 0.3) is 0 Å². The van der Waals surface area contributed by atoms with Crippen LogP contribution in [0.3, 0.4) is 0 Å². The van der Waals surface area contributed by atoms with Crippen molar-refractivity contribution in [3.63, 3.8) is 0 Å². The molecule has 0 aliphatic carbocycles. The molecule has 12 heteroatoms. The zero-order valence-electron chi connectivity index (χ0n) is 29.1. The lowest BCUT2D eigenvalue weighted by Crippen LogP contribution is -2.58. The summed E-state index contributed by atoms with van der Waals surface area (Å²) in [7, 11) is -2.05. The van der Waals surface area contributed by atoms with E-state index in [0.717, 1.165) is 5.56 Å². The molecule has 1 saturated heterocycles. The largest absolute Gasteiger partial charge is 0.458 e. The number of carbonyl (C=O) groups excluding carboxylic acids is 4. The van der Waals surface area contributed by atoms with E-state index >= 15 is 0 Å². The van der Waals surface area contributed by atoms with Gasteiger partial charge in [0.2, 0.25) is 5.91 Å². The van der Waals surface area contributed by atoms with Gasteiger partial charge in [-0.3, -0.25) is 4.79 Å². The Bertz CT molecular complexity index is 1160. The summed E-state index contributed by atoms with van der Waals surface area (Å²) in [4.78, 5) is 54.6. The predicted molar refractivity (Wildman–Crippen MR) is 175 cm³/mol. The van der Waals surface area contributed by atoms with Crippen molar-refractivity contribution < 1.29 is 37.8 Å². The number of nitrogens with zero attached hydrogens (tertiary/aromatic N) is 1. The van der Waals surface area contributed by atoms with Crippen LogP contribution >= 0.6 is 0 Å². The van der Waals surface area contributed by atoms with E-state index in [9.17, 15) is 19.2 Å². The minimum atomic E-state index is -2.05. The Balaban J connectivity index is 2.29. The summed E-state index contributed by atoms with van der Waals surface area (Å²) in [6, 6.07) is 6.73. The van der Waals surface area contributed by atoms with Gasteiger partial charge in [0, 0.05) is 12.6 Å². The smallest absolute Gasteiger partial charge is 0.408 e. The molecule has 0 saturated carbocycles. The van der Waals surface area contributed by atoms with Gasteiger partial charge < -0.3 is 34.2 Å². The van der Waals surface area contributed by atoms with Crippen LogP contribution in [0.25, 0.3) is 0 Å². The maximum atomic E-state index is 14.3. The van der Waals surface area contributed by atoms with Crippen LogP contribution in [0.2, 0.25) is 18.1 Å². The normalized spacial score (nSPS) is 18.2. The second-order valence-electron chi connectivity index (χ2n) is 15.1. The van der Waals surface area contributed by atoms with Gasteiger partial charge in [0.1, 0.15) is 29.9 Å². The van der Waals surface area contributed by atoms with Crippen molar-refractivity contribution in [1.29, 1.82) is 0 Å². The maximum absolute atomic E-state index is 14.3. The van der Waals surface area contributed by atoms with E-state index in [1.54, 1.807) is 41.5 Å². The molecule has 2 rings (SSSR count). The molecule has 0 bridgehead atoms. The van der Waals surface area contributed by atoms with Crippen molar-refractivity contribution in [2.45, 2.75) is 136 Å². The van der Waals surface area contributed by atoms with Crippen LogP contribution in [0.15, 0.2) is 30.3 Å². The first-order chi connectivity index (χ1) is 20.6. The number of ether oxygens (including phenoxy) is 3. The Morgan fingerprint density at radius 1 is 0.889 bits per heavy atom.